The van der Waals surface area contributed by atoms with Crippen molar-refractivity contribution in [2.75, 3.05) is 6.54 Å². The SMILES string of the molecule is Cc1ccc(C(=O)CNC(=O)/C=C/c2cccs2)s1. The predicted octanol–water partition coefficient (Wildman–Crippen LogP) is 3.13. The summed E-state index contributed by atoms with van der Waals surface area (Å²) in [5.74, 6) is -0.314. The van der Waals surface area contributed by atoms with E-state index in [-0.39, 0.29) is 18.2 Å². The van der Waals surface area contributed by atoms with Gasteiger partial charge in [-0.1, -0.05) is 6.07 Å². The molecule has 0 spiro atoms. The number of hydrogen-bond donors (Lipinski definition) is 1. The normalized spacial score (nSPS) is 10.8. The summed E-state index contributed by atoms with van der Waals surface area (Å²) in [6.45, 7) is 1.98. The fourth-order valence-corrected chi connectivity index (χ4v) is 2.86. The van der Waals surface area contributed by atoms with E-state index >= 15 is 0 Å². The minimum atomic E-state index is -0.255. The summed E-state index contributed by atoms with van der Waals surface area (Å²) in [5.41, 5.74) is 0. The lowest BCUT2D eigenvalue weighted by Crippen LogP contribution is -2.27. The Morgan fingerprint density at radius 3 is 2.79 bits per heavy atom. The van der Waals surface area contributed by atoms with E-state index < -0.39 is 0 Å². The summed E-state index contributed by atoms with van der Waals surface area (Å²) in [7, 11) is 0. The zero-order chi connectivity index (χ0) is 13.7. The molecule has 0 aliphatic carbocycles. The van der Waals surface area contributed by atoms with Crippen molar-refractivity contribution in [1.82, 2.24) is 5.32 Å². The Morgan fingerprint density at radius 2 is 2.16 bits per heavy atom. The van der Waals surface area contributed by atoms with Crippen LogP contribution >= 0.6 is 22.7 Å². The van der Waals surface area contributed by atoms with Crippen molar-refractivity contribution in [3.8, 4) is 0 Å². The average Bonchev–Trinajstić information content (AvgIpc) is 3.04. The number of carbonyl (C=O) groups excluding carboxylic acids is 2. The third-order valence-electron chi connectivity index (χ3n) is 2.38. The van der Waals surface area contributed by atoms with Crippen molar-refractivity contribution in [3.05, 3.63) is 50.4 Å². The lowest BCUT2D eigenvalue weighted by molar-refractivity contribution is -0.116. The molecule has 0 unspecified atom stereocenters. The smallest absolute Gasteiger partial charge is 0.244 e. The van der Waals surface area contributed by atoms with E-state index in [1.54, 1.807) is 23.5 Å². The van der Waals surface area contributed by atoms with Crippen LogP contribution in [0.15, 0.2) is 35.7 Å². The Morgan fingerprint density at radius 1 is 1.32 bits per heavy atom. The van der Waals surface area contributed by atoms with Crippen molar-refractivity contribution >= 4 is 40.4 Å². The van der Waals surface area contributed by atoms with Gasteiger partial charge in [0.1, 0.15) is 0 Å². The van der Waals surface area contributed by atoms with Gasteiger partial charge in [0.15, 0.2) is 5.78 Å². The number of hydrogen-bond acceptors (Lipinski definition) is 4. The molecule has 2 heterocycles. The molecular formula is C14H13NO2S2. The van der Waals surface area contributed by atoms with Crippen molar-refractivity contribution in [1.29, 1.82) is 0 Å². The second-order valence-corrected chi connectivity index (χ2v) is 6.17. The molecule has 0 fully saturated rings. The largest absolute Gasteiger partial charge is 0.345 e. The van der Waals surface area contributed by atoms with E-state index in [1.807, 2.05) is 30.5 Å². The summed E-state index contributed by atoms with van der Waals surface area (Å²) in [4.78, 5) is 26.1. The van der Waals surface area contributed by atoms with E-state index in [9.17, 15) is 9.59 Å². The number of amides is 1. The number of thiophene rings is 2. The maximum Gasteiger partial charge on any atom is 0.244 e. The van der Waals surface area contributed by atoms with Gasteiger partial charge < -0.3 is 5.32 Å². The Balaban J connectivity index is 1.82. The number of aryl methyl sites for hydroxylation is 1. The molecule has 0 aliphatic heterocycles. The highest BCUT2D eigenvalue weighted by Crippen LogP contribution is 2.15. The number of rotatable bonds is 5. The first-order chi connectivity index (χ1) is 9.15. The second-order valence-electron chi connectivity index (χ2n) is 3.90. The van der Waals surface area contributed by atoms with Crippen LogP contribution < -0.4 is 5.32 Å². The number of nitrogens with one attached hydrogen (secondary N) is 1. The molecule has 2 aromatic rings. The molecular weight excluding hydrogens is 278 g/mol. The van der Waals surface area contributed by atoms with Gasteiger partial charge in [0.05, 0.1) is 11.4 Å². The molecule has 0 aromatic carbocycles. The van der Waals surface area contributed by atoms with Crippen LogP contribution in [0.3, 0.4) is 0 Å². The molecule has 0 aliphatic rings. The van der Waals surface area contributed by atoms with Crippen LogP contribution in [-0.4, -0.2) is 18.2 Å². The summed E-state index contributed by atoms with van der Waals surface area (Å²) >= 11 is 3.00. The van der Waals surface area contributed by atoms with Gasteiger partial charge in [0.2, 0.25) is 5.91 Å². The number of Topliss-reactive ketones (excluding diaryl/α,β-unsaturated/α-hetero) is 1. The zero-order valence-electron chi connectivity index (χ0n) is 10.4. The van der Waals surface area contributed by atoms with Crippen molar-refractivity contribution in [2.24, 2.45) is 0 Å². The maximum atomic E-state index is 11.8. The highest BCUT2D eigenvalue weighted by molar-refractivity contribution is 7.14. The quantitative estimate of drug-likeness (QED) is 0.679. The Kier molecular flexibility index (Phi) is 4.65. The highest BCUT2D eigenvalue weighted by Gasteiger charge is 2.08. The lowest BCUT2D eigenvalue weighted by atomic mass is 10.3. The lowest BCUT2D eigenvalue weighted by Gasteiger charge is -1.99. The summed E-state index contributed by atoms with van der Waals surface area (Å²) in [6.07, 6.45) is 3.18. The summed E-state index contributed by atoms with van der Waals surface area (Å²) in [5, 5.41) is 4.53. The van der Waals surface area contributed by atoms with Gasteiger partial charge in [-0.25, -0.2) is 0 Å². The van der Waals surface area contributed by atoms with Crippen LogP contribution in [0.4, 0.5) is 0 Å². The third-order valence-corrected chi connectivity index (χ3v) is 4.26. The van der Waals surface area contributed by atoms with Crippen molar-refractivity contribution in [2.45, 2.75) is 6.92 Å². The number of ketones is 1. The Bertz CT molecular complexity index is 597. The van der Waals surface area contributed by atoms with Gasteiger partial charge in [-0.2, -0.15) is 0 Å². The molecule has 0 saturated heterocycles. The van der Waals surface area contributed by atoms with Gasteiger partial charge in [0.25, 0.3) is 0 Å². The molecule has 3 nitrogen and oxygen atoms in total. The summed E-state index contributed by atoms with van der Waals surface area (Å²) < 4.78 is 0. The number of carbonyl (C=O) groups is 2. The monoisotopic (exact) mass is 291 g/mol. The first-order valence-corrected chi connectivity index (χ1v) is 7.44. The van der Waals surface area contributed by atoms with Crippen molar-refractivity contribution in [3.63, 3.8) is 0 Å². The van der Waals surface area contributed by atoms with Gasteiger partial charge in [-0.15, -0.1) is 22.7 Å². The van der Waals surface area contributed by atoms with Gasteiger partial charge in [0, 0.05) is 15.8 Å². The van der Waals surface area contributed by atoms with Crippen LogP contribution in [0.2, 0.25) is 0 Å². The molecule has 0 saturated carbocycles. The molecule has 5 heteroatoms. The van der Waals surface area contributed by atoms with Crippen LogP contribution in [0, 0.1) is 6.92 Å². The maximum absolute atomic E-state index is 11.8. The van der Waals surface area contributed by atoms with Gasteiger partial charge in [-0.05, 0) is 36.6 Å². The van der Waals surface area contributed by atoms with E-state index in [4.69, 9.17) is 0 Å². The summed E-state index contributed by atoms with van der Waals surface area (Å²) in [6, 6.07) is 7.53. The fraction of sp³-hybridized carbons (Fsp3) is 0.143. The fourth-order valence-electron chi connectivity index (χ4n) is 1.44. The molecule has 0 atom stereocenters. The van der Waals surface area contributed by atoms with Gasteiger partial charge in [-0.3, -0.25) is 9.59 Å². The van der Waals surface area contributed by atoms with Gasteiger partial charge >= 0.3 is 0 Å². The highest BCUT2D eigenvalue weighted by atomic mass is 32.1. The molecule has 0 bridgehead atoms. The molecule has 1 N–H and O–H groups in total. The minimum Gasteiger partial charge on any atom is -0.345 e. The Hall–Kier alpha value is -1.72. The second kappa shape index (κ2) is 6.45. The average molecular weight is 291 g/mol. The molecule has 0 radical (unpaired) electrons. The van der Waals surface area contributed by atoms with E-state index in [1.165, 1.54) is 17.4 Å². The standard InChI is InChI=1S/C14H13NO2S2/c1-10-4-6-13(19-10)12(16)9-15-14(17)7-5-11-3-2-8-18-11/h2-8H,9H2,1H3,(H,15,17)/b7-5+. The third kappa shape index (κ3) is 4.15. The zero-order valence-corrected chi connectivity index (χ0v) is 12.0. The molecule has 98 valence electrons. The first-order valence-electron chi connectivity index (χ1n) is 5.74. The van der Waals surface area contributed by atoms with E-state index in [2.05, 4.69) is 5.32 Å². The minimum absolute atomic E-state index is 0.0353. The molecule has 1 amide bonds. The van der Waals surface area contributed by atoms with Crippen LogP contribution in [-0.2, 0) is 4.79 Å². The topological polar surface area (TPSA) is 46.2 Å². The van der Waals surface area contributed by atoms with E-state index in [0.29, 0.717) is 4.88 Å². The molecule has 2 aromatic heterocycles. The van der Waals surface area contributed by atoms with Crippen LogP contribution in [0.5, 0.6) is 0 Å². The van der Waals surface area contributed by atoms with Crippen molar-refractivity contribution < 1.29 is 9.59 Å². The first kappa shape index (κ1) is 13.7. The molecule has 19 heavy (non-hydrogen) atoms. The predicted molar refractivity (Wildman–Crippen MR) is 79.7 cm³/mol. The Labute approximate surface area is 119 Å². The van der Waals surface area contributed by atoms with Crippen LogP contribution in [0.25, 0.3) is 6.08 Å². The van der Waals surface area contributed by atoms with Crippen LogP contribution in [0.1, 0.15) is 19.4 Å². The van der Waals surface area contributed by atoms with E-state index in [0.717, 1.165) is 9.75 Å². The molecule has 2 rings (SSSR count).